The highest BCUT2D eigenvalue weighted by molar-refractivity contribution is 6.14. The van der Waals surface area contributed by atoms with Crippen LogP contribution in [0.2, 0.25) is 0 Å². The fraction of sp³-hybridized carbons (Fsp3) is 0.462. The number of alkyl halides is 1. The highest BCUT2D eigenvalue weighted by Crippen LogP contribution is 2.34. The number of piperidine rings is 1. The number of likely N-dealkylation sites (tertiary alicyclic amines) is 2. The number of nitrogens with zero attached hydrogens (tertiary/aromatic N) is 2. The molecule has 4 rings (SSSR count). The molecule has 2 aliphatic heterocycles. The van der Waals surface area contributed by atoms with Crippen LogP contribution in [0.3, 0.4) is 0 Å². The highest BCUT2D eigenvalue weighted by Gasteiger charge is 2.40. The van der Waals surface area contributed by atoms with E-state index in [-0.39, 0.29) is 24.4 Å². The predicted octanol–water partition coefficient (Wildman–Crippen LogP) is 3.96. The number of benzene rings is 2. The van der Waals surface area contributed by atoms with Crippen LogP contribution in [0.15, 0.2) is 48.5 Å². The van der Waals surface area contributed by atoms with Crippen molar-refractivity contribution in [3.8, 4) is 5.75 Å². The third kappa shape index (κ3) is 5.59. The van der Waals surface area contributed by atoms with Crippen LogP contribution in [-0.2, 0) is 16.1 Å². The Kier molecular flexibility index (Phi) is 7.86. The molecule has 0 unspecified atom stereocenters. The lowest BCUT2D eigenvalue weighted by atomic mass is 9.87. The minimum Gasteiger partial charge on any atom is -0.425 e. The van der Waals surface area contributed by atoms with Crippen molar-refractivity contribution >= 4 is 23.7 Å². The number of hydrogen-bond donors (Lipinski definition) is 1. The summed E-state index contributed by atoms with van der Waals surface area (Å²) in [6.07, 6.45) is 0.300. The Hall–Kier alpha value is -2.48. The predicted molar refractivity (Wildman–Crippen MR) is 129 cm³/mol. The van der Waals surface area contributed by atoms with Crippen molar-refractivity contribution in [1.82, 2.24) is 14.6 Å². The molecule has 0 aliphatic carbocycles. The molecule has 0 saturated carbocycles. The van der Waals surface area contributed by atoms with E-state index in [1.54, 1.807) is 31.2 Å². The Bertz CT molecular complexity index is 1000. The molecule has 2 aliphatic rings. The molecule has 4 atom stereocenters. The van der Waals surface area contributed by atoms with Crippen LogP contribution >= 0.6 is 11.8 Å². The number of carbonyl (C=O) groups excluding carboxylic acids is 2. The first-order valence-electron chi connectivity index (χ1n) is 11.8. The monoisotopic (exact) mass is 487 g/mol. The SMILES string of the molecule is Cc1ccc(CN2CC[C@@H](N3CC[C@@H](c4ccc(OC(=O)[C@H](C)NCl)cc4)[C@H](F)C3)C2=O)cc1. The Morgan fingerprint density at radius 3 is 2.50 bits per heavy atom. The summed E-state index contributed by atoms with van der Waals surface area (Å²) in [7, 11) is 0. The van der Waals surface area contributed by atoms with Gasteiger partial charge in [0.2, 0.25) is 5.91 Å². The molecule has 8 heteroatoms. The summed E-state index contributed by atoms with van der Waals surface area (Å²) in [6, 6.07) is 14.3. The van der Waals surface area contributed by atoms with Gasteiger partial charge in [-0.15, -0.1) is 0 Å². The first-order chi connectivity index (χ1) is 16.4. The van der Waals surface area contributed by atoms with Crippen LogP contribution in [0.1, 0.15) is 42.4 Å². The van der Waals surface area contributed by atoms with Crippen LogP contribution in [-0.4, -0.2) is 59.6 Å². The minimum absolute atomic E-state index is 0.0954. The van der Waals surface area contributed by atoms with Crippen LogP contribution in [0.4, 0.5) is 4.39 Å². The van der Waals surface area contributed by atoms with E-state index >= 15 is 4.39 Å². The maximum atomic E-state index is 15.2. The number of halogens is 2. The van der Waals surface area contributed by atoms with Gasteiger partial charge >= 0.3 is 5.97 Å². The van der Waals surface area contributed by atoms with Gasteiger partial charge in [-0.05, 0) is 68.3 Å². The van der Waals surface area contributed by atoms with Gasteiger partial charge in [0.25, 0.3) is 0 Å². The van der Waals surface area contributed by atoms with Gasteiger partial charge in [-0.2, -0.15) is 0 Å². The van der Waals surface area contributed by atoms with Gasteiger partial charge in [-0.25, -0.2) is 14.0 Å². The lowest BCUT2D eigenvalue weighted by Gasteiger charge is -2.37. The van der Waals surface area contributed by atoms with Crippen molar-refractivity contribution in [2.75, 3.05) is 19.6 Å². The summed E-state index contributed by atoms with van der Waals surface area (Å²) < 4.78 is 20.5. The standard InChI is InChI=1S/C26H31ClFN3O3/c1-17-3-5-19(6-4-17)15-31-14-12-24(25(31)32)30-13-11-22(23(28)16-30)20-7-9-21(10-8-20)34-26(33)18(2)29-27/h3-10,18,22-24,29H,11-16H2,1-2H3/t18-,22-,23+,24+/m0/s1. The maximum absolute atomic E-state index is 15.2. The molecule has 2 fully saturated rings. The Morgan fingerprint density at radius 2 is 1.85 bits per heavy atom. The Morgan fingerprint density at radius 1 is 1.15 bits per heavy atom. The van der Waals surface area contributed by atoms with Crippen LogP contribution in [0.25, 0.3) is 0 Å². The van der Waals surface area contributed by atoms with E-state index < -0.39 is 18.2 Å². The van der Waals surface area contributed by atoms with E-state index in [0.29, 0.717) is 31.8 Å². The van der Waals surface area contributed by atoms with E-state index in [2.05, 4.69) is 29.1 Å². The topological polar surface area (TPSA) is 61.9 Å². The molecule has 1 N–H and O–H groups in total. The molecule has 0 spiro atoms. The molecule has 2 aromatic carbocycles. The van der Waals surface area contributed by atoms with Crippen molar-refractivity contribution in [3.63, 3.8) is 0 Å². The van der Waals surface area contributed by atoms with Crippen LogP contribution in [0, 0.1) is 6.92 Å². The second-order valence-electron chi connectivity index (χ2n) is 9.28. The van der Waals surface area contributed by atoms with Gasteiger partial charge in [0.15, 0.2) is 0 Å². The zero-order chi connectivity index (χ0) is 24.2. The zero-order valence-corrected chi connectivity index (χ0v) is 20.3. The number of nitrogens with one attached hydrogen (secondary N) is 1. The minimum atomic E-state index is -1.07. The average Bonchev–Trinajstić information content (AvgIpc) is 3.20. The summed E-state index contributed by atoms with van der Waals surface area (Å²) in [5.74, 6) is -0.245. The summed E-state index contributed by atoms with van der Waals surface area (Å²) in [4.78, 5) is 31.1. The number of carbonyl (C=O) groups is 2. The van der Waals surface area contributed by atoms with E-state index in [9.17, 15) is 9.59 Å². The summed E-state index contributed by atoms with van der Waals surface area (Å²) in [5, 5.41) is 0. The summed E-state index contributed by atoms with van der Waals surface area (Å²) >= 11 is 5.45. The third-order valence-corrected chi connectivity index (χ3v) is 7.15. The first-order valence-corrected chi connectivity index (χ1v) is 12.1. The van der Waals surface area contributed by atoms with Gasteiger partial charge in [0, 0.05) is 25.6 Å². The highest BCUT2D eigenvalue weighted by atomic mass is 35.5. The van der Waals surface area contributed by atoms with Crippen molar-refractivity contribution in [2.24, 2.45) is 0 Å². The molecule has 0 radical (unpaired) electrons. The van der Waals surface area contributed by atoms with Crippen molar-refractivity contribution < 1.29 is 18.7 Å². The maximum Gasteiger partial charge on any atom is 0.329 e. The Balaban J connectivity index is 1.32. The largest absolute Gasteiger partial charge is 0.425 e. The molecule has 1 amide bonds. The number of esters is 1. The summed E-state index contributed by atoms with van der Waals surface area (Å²) in [5.41, 5.74) is 3.18. The number of rotatable bonds is 7. The molecule has 34 heavy (non-hydrogen) atoms. The molecule has 2 saturated heterocycles. The van der Waals surface area contributed by atoms with Gasteiger partial charge in [-0.1, -0.05) is 42.0 Å². The van der Waals surface area contributed by atoms with E-state index in [1.165, 1.54) is 5.56 Å². The normalized spacial score (nSPS) is 24.3. The molecule has 0 bridgehead atoms. The number of ether oxygens (including phenoxy) is 1. The molecular formula is C26H31ClFN3O3. The van der Waals surface area contributed by atoms with E-state index in [4.69, 9.17) is 16.5 Å². The molecule has 0 aromatic heterocycles. The van der Waals surface area contributed by atoms with Gasteiger partial charge in [-0.3, -0.25) is 9.69 Å². The lowest BCUT2D eigenvalue weighted by Crippen LogP contribution is -2.49. The molecule has 182 valence electrons. The second kappa shape index (κ2) is 10.8. The molecule has 2 heterocycles. The number of hydrogen-bond acceptors (Lipinski definition) is 5. The van der Waals surface area contributed by atoms with Gasteiger partial charge in [0.05, 0.1) is 6.04 Å². The van der Waals surface area contributed by atoms with E-state index in [1.807, 2.05) is 16.7 Å². The van der Waals surface area contributed by atoms with Gasteiger partial charge < -0.3 is 9.64 Å². The third-order valence-electron chi connectivity index (χ3n) is 6.82. The van der Waals surface area contributed by atoms with E-state index in [0.717, 1.165) is 17.5 Å². The molecular weight excluding hydrogens is 457 g/mol. The quantitative estimate of drug-likeness (QED) is 0.364. The number of amides is 1. The molecule has 6 nitrogen and oxygen atoms in total. The van der Waals surface area contributed by atoms with Gasteiger partial charge in [0.1, 0.15) is 18.0 Å². The summed E-state index contributed by atoms with van der Waals surface area (Å²) in [6.45, 7) is 5.86. The Labute approximate surface area is 205 Å². The first kappa shape index (κ1) is 24.6. The van der Waals surface area contributed by atoms with Crippen molar-refractivity contribution in [3.05, 3.63) is 65.2 Å². The fourth-order valence-corrected chi connectivity index (χ4v) is 4.84. The van der Waals surface area contributed by atoms with Crippen molar-refractivity contribution in [1.29, 1.82) is 0 Å². The average molecular weight is 488 g/mol. The zero-order valence-electron chi connectivity index (χ0n) is 19.5. The molecule has 2 aromatic rings. The number of aryl methyl sites for hydroxylation is 1. The van der Waals surface area contributed by atoms with Crippen molar-refractivity contribution in [2.45, 2.75) is 57.4 Å². The van der Waals surface area contributed by atoms with Crippen LogP contribution < -0.4 is 9.57 Å². The lowest BCUT2D eigenvalue weighted by molar-refractivity contribution is -0.136. The fourth-order valence-electron chi connectivity index (χ4n) is 4.75. The van der Waals surface area contributed by atoms with Crippen LogP contribution in [0.5, 0.6) is 5.75 Å². The second-order valence-corrected chi connectivity index (χ2v) is 9.50. The smallest absolute Gasteiger partial charge is 0.329 e.